The van der Waals surface area contributed by atoms with E-state index in [0.717, 1.165) is 22.8 Å². The molecule has 146 valence electrons. The predicted molar refractivity (Wildman–Crippen MR) is 113 cm³/mol. The number of anilines is 1. The van der Waals surface area contributed by atoms with Crippen LogP contribution in [-0.4, -0.2) is 32.3 Å². The van der Waals surface area contributed by atoms with Crippen molar-refractivity contribution >= 4 is 34.6 Å². The number of carbonyl (C=O) groups is 1. The minimum absolute atomic E-state index is 0.207. The molecule has 28 heavy (non-hydrogen) atoms. The fraction of sp³-hybridized carbons (Fsp3) is 0.263. The normalized spacial score (nSPS) is 10.6. The van der Waals surface area contributed by atoms with E-state index in [0.29, 0.717) is 35.0 Å². The van der Waals surface area contributed by atoms with Crippen LogP contribution in [0.3, 0.4) is 0 Å². The molecule has 0 bridgehead atoms. The largest absolute Gasteiger partial charge is 0.494 e. The first kappa shape index (κ1) is 20.0. The first-order chi connectivity index (χ1) is 13.5. The van der Waals surface area contributed by atoms with Gasteiger partial charge in [0.25, 0.3) is 5.91 Å². The number of nitrogens with zero attached hydrogens (tertiary/aromatic N) is 3. The maximum absolute atomic E-state index is 12.5. The number of aromatic amines is 1. The summed E-state index contributed by atoms with van der Waals surface area (Å²) in [7, 11) is 0. The summed E-state index contributed by atoms with van der Waals surface area (Å²) < 4.78 is 7.92. The van der Waals surface area contributed by atoms with Crippen LogP contribution in [0, 0.1) is 11.7 Å². The number of aromatic nitrogens is 4. The number of thiazole rings is 1. The number of amides is 1. The number of hydrogen-bond acceptors (Lipinski definition) is 6. The van der Waals surface area contributed by atoms with E-state index in [4.69, 9.17) is 17.0 Å². The third kappa shape index (κ3) is 4.55. The van der Waals surface area contributed by atoms with Gasteiger partial charge in [0.15, 0.2) is 9.90 Å². The van der Waals surface area contributed by atoms with E-state index in [1.807, 2.05) is 35.9 Å². The number of ether oxygens (including phenoxy) is 1. The van der Waals surface area contributed by atoms with Crippen LogP contribution < -0.4 is 10.1 Å². The molecule has 0 unspecified atom stereocenters. The van der Waals surface area contributed by atoms with E-state index in [9.17, 15) is 4.79 Å². The average Bonchev–Trinajstić information content (AvgIpc) is 3.25. The van der Waals surface area contributed by atoms with Crippen molar-refractivity contribution < 1.29 is 9.53 Å². The van der Waals surface area contributed by atoms with E-state index < -0.39 is 0 Å². The van der Waals surface area contributed by atoms with Crippen molar-refractivity contribution in [3.8, 4) is 5.75 Å². The van der Waals surface area contributed by atoms with Crippen molar-refractivity contribution in [2.75, 3.05) is 11.9 Å². The molecule has 2 heterocycles. The number of H-pyrrole nitrogens is 1. The van der Waals surface area contributed by atoms with Crippen molar-refractivity contribution in [1.29, 1.82) is 0 Å². The lowest BCUT2D eigenvalue weighted by atomic mass is 10.1. The lowest BCUT2D eigenvalue weighted by molar-refractivity contribution is 0.102. The molecule has 0 aliphatic carbocycles. The van der Waals surface area contributed by atoms with Crippen LogP contribution in [0.2, 0.25) is 0 Å². The summed E-state index contributed by atoms with van der Waals surface area (Å²) in [5, 5.41) is 12.3. The van der Waals surface area contributed by atoms with Crippen LogP contribution in [0.25, 0.3) is 0 Å². The van der Waals surface area contributed by atoms with Crippen LogP contribution in [0.4, 0.5) is 5.13 Å². The van der Waals surface area contributed by atoms with E-state index in [2.05, 4.69) is 27.1 Å². The van der Waals surface area contributed by atoms with Gasteiger partial charge in [0.05, 0.1) is 18.7 Å². The molecule has 3 rings (SSSR count). The molecule has 0 atom stereocenters. The summed E-state index contributed by atoms with van der Waals surface area (Å²) in [5.74, 6) is 1.35. The van der Waals surface area contributed by atoms with Gasteiger partial charge in [0.1, 0.15) is 11.6 Å². The molecule has 9 heteroatoms. The second-order valence-corrected chi connectivity index (χ2v) is 7.28. The minimum atomic E-state index is -0.207. The molecule has 0 radical (unpaired) electrons. The number of hydrogen-bond donors (Lipinski definition) is 2. The van der Waals surface area contributed by atoms with Crippen LogP contribution in [0.15, 0.2) is 36.2 Å². The molecule has 0 spiro atoms. The summed E-state index contributed by atoms with van der Waals surface area (Å²) >= 11 is 6.59. The van der Waals surface area contributed by atoms with Crippen LogP contribution >= 0.6 is 23.6 Å². The molecule has 2 aromatic heterocycles. The SMILES string of the molecule is C=CCn1c(Cc2csc(NC(=O)c3ccc(OCC)c(C)c3)n2)n[nH]c1=S. The van der Waals surface area contributed by atoms with Crippen molar-refractivity contribution in [3.63, 3.8) is 0 Å². The lowest BCUT2D eigenvalue weighted by Crippen LogP contribution is -2.12. The van der Waals surface area contributed by atoms with Crippen LogP contribution in [-0.2, 0) is 13.0 Å². The van der Waals surface area contributed by atoms with Gasteiger partial charge in [-0.25, -0.2) is 4.98 Å². The maximum Gasteiger partial charge on any atom is 0.257 e. The zero-order chi connectivity index (χ0) is 20.1. The molecule has 0 saturated heterocycles. The number of allylic oxidation sites excluding steroid dienone is 1. The van der Waals surface area contributed by atoms with Crippen LogP contribution in [0.5, 0.6) is 5.75 Å². The Labute approximate surface area is 172 Å². The Morgan fingerprint density at radius 1 is 1.50 bits per heavy atom. The highest BCUT2D eigenvalue weighted by Gasteiger charge is 2.13. The second kappa shape index (κ2) is 8.94. The third-order valence-electron chi connectivity index (χ3n) is 4.00. The summed E-state index contributed by atoms with van der Waals surface area (Å²) in [5.41, 5.74) is 2.28. The minimum Gasteiger partial charge on any atom is -0.494 e. The van der Waals surface area contributed by atoms with Gasteiger partial charge in [-0.15, -0.1) is 17.9 Å². The van der Waals surface area contributed by atoms with Crippen molar-refractivity contribution in [3.05, 3.63) is 63.7 Å². The quantitative estimate of drug-likeness (QED) is 0.427. The van der Waals surface area contributed by atoms with Crippen LogP contribution in [0.1, 0.15) is 34.4 Å². The number of aryl methyl sites for hydroxylation is 1. The molecule has 2 N–H and O–H groups in total. The topological polar surface area (TPSA) is 84.8 Å². The van der Waals surface area contributed by atoms with Crippen molar-refractivity contribution in [1.82, 2.24) is 19.7 Å². The van der Waals surface area contributed by atoms with Gasteiger partial charge in [0.2, 0.25) is 0 Å². The first-order valence-corrected chi connectivity index (χ1v) is 10.0. The Bertz CT molecular complexity index is 1050. The molecular weight excluding hydrogens is 394 g/mol. The van der Waals surface area contributed by atoms with Gasteiger partial charge in [-0.3, -0.25) is 19.8 Å². The third-order valence-corrected chi connectivity index (χ3v) is 5.12. The second-order valence-electron chi connectivity index (χ2n) is 6.03. The fourth-order valence-corrected chi connectivity index (χ4v) is 3.62. The van der Waals surface area contributed by atoms with E-state index in [1.54, 1.807) is 12.1 Å². The molecule has 0 aliphatic heterocycles. The Morgan fingerprint density at radius 2 is 2.32 bits per heavy atom. The highest BCUT2D eigenvalue weighted by atomic mass is 32.1. The smallest absolute Gasteiger partial charge is 0.257 e. The molecule has 0 saturated carbocycles. The number of nitrogens with one attached hydrogen (secondary N) is 2. The lowest BCUT2D eigenvalue weighted by Gasteiger charge is -2.08. The Balaban J connectivity index is 1.69. The maximum atomic E-state index is 12.5. The van der Waals surface area contributed by atoms with Gasteiger partial charge in [-0.2, -0.15) is 5.10 Å². The summed E-state index contributed by atoms with van der Waals surface area (Å²) in [6.45, 7) is 8.74. The Hall–Kier alpha value is -2.78. The molecule has 1 aromatic carbocycles. The van der Waals surface area contributed by atoms with Gasteiger partial charge < -0.3 is 4.74 Å². The summed E-state index contributed by atoms with van der Waals surface area (Å²) in [6.07, 6.45) is 2.27. The fourth-order valence-electron chi connectivity index (χ4n) is 2.69. The number of benzene rings is 1. The molecule has 1 amide bonds. The summed E-state index contributed by atoms with van der Waals surface area (Å²) in [4.78, 5) is 17.0. The number of rotatable bonds is 8. The molecule has 0 aliphatic rings. The summed E-state index contributed by atoms with van der Waals surface area (Å²) in [6, 6.07) is 5.36. The average molecular weight is 416 g/mol. The van der Waals surface area contributed by atoms with Gasteiger partial charge >= 0.3 is 0 Å². The molecule has 7 nitrogen and oxygen atoms in total. The zero-order valence-corrected chi connectivity index (χ0v) is 17.3. The Morgan fingerprint density at radius 3 is 3.04 bits per heavy atom. The zero-order valence-electron chi connectivity index (χ0n) is 15.7. The van der Waals surface area contributed by atoms with Crippen molar-refractivity contribution in [2.45, 2.75) is 26.8 Å². The standard InChI is InChI=1S/C19H21N5O2S2/c1-4-8-24-16(22-23-19(24)27)10-14-11-28-18(20-14)21-17(25)13-6-7-15(26-5-2)12(3)9-13/h4,6-7,9,11H,1,5,8,10H2,2-3H3,(H,23,27)(H,20,21,25). The number of carbonyl (C=O) groups excluding carboxylic acids is 1. The van der Waals surface area contributed by atoms with Gasteiger partial charge in [-0.1, -0.05) is 6.08 Å². The molecule has 3 aromatic rings. The monoisotopic (exact) mass is 415 g/mol. The Kier molecular flexibility index (Phi) is 6.37. The van der Waals surface area contributed by atoms with Crippen molar-refractivity contribution in [2.24, 2.45) is 0 Å². The predicted octanol–water partition coefficient (Wildman–Crippen LogP) is 4.13. The molecular formula is C19H21N5O2S2. The van der Waals surface area contributed by atoms with Gasteiger partial charge in [0, 0.05) is 17.5 Å². The first-order valence-electron chi connectivity index (χ1n) is 8.76. The highest BCUT2D eigenvalue weighted by molar-refractivity contribution is 7.71. The molecule has 0 fully saturated rings. The highest BCUT2D eigenvalue weighted by Crippen LogP contribution is 2.22. The van der Waals surface area contributed by atoms with E-state index in [-0.39, 0.29) is 5.91 Å². The van der Waals surface area contributed by atoms with E-state index >= 15 is 0 Å². The van der Waals surface area contributed by atoms with Gasteiger partial charge in [-0.05, 0) is 49.8 Å². The van der Waals surface area contributed by atoms with E-state index in [1.165, 1.54) is 11.3 Å².